The number of halogens is 1. The Labute approximate surface area is 141 Å². The monoisotopic (exact) mass is 350 g/mol. The smallest absolute Gasteiger partial charge is 0.239 e. The number of hydrogen-bond acceptors (Lipinski definition) is 3. The fourth-order valence-corrected chi connectivity index (χ4v) is 4.20. The Morgan fingerprint density at radius 2 is 1.74 bits per heavy atom. The summed E-state index contributed by atoms with van der Waals surface area (Å²) in [5, 5.41) is 5.28. The molecule has 0 heterocycles. The largest absolute Gasteiger partial charge is 0.324 e. The summed E-state index contributed by atoms with van der Waals surface area (Å²) in [5.41, 5.74) is 10.6. The van der Waals surface area contributed by atoms with Gasteiger partial charge in [0.15, 0.2) is 0 Å². The van der Waals surface area contributed by atoms with Crippen LogP contribution in [0.15, 0.2) is 41.3 Å². The zero-order valence-electron chi connectivity index (χ0n) is 12.6. The summed E-state index contributed by atoms with van der Waals surface area (Å²) in [6, 6.07) is 11.1. The van der Waals surface area contributed by atoms with Gasteiger partial charge < -0.3 is 5.73 Å². The standard InChI is InChI=1S/C17H19ClN2O2S/c18-15-10-12(6-8-17(15)23(20,21)22)11-5-7-14-13(9-11)3-1-2-4-16(14)19/h5-10,16H,1-4,19H2,(H2,20,21,22). The van der Waals surface area contributed by atoms with Crippen LogP contribution in [0, 0.1) is 0 Å². The summed E-state index contributed by atoms with van der Waals surface area (Å²) in [6.07, 6.45) is 4.30. The molecule has 0 amide bonds. The summed E-state index contributed by atoms with van der Waals surface area (Å²) >= 11 is 6.08. The van der Waals surface area contributed by atoms with Crippen molar-refractivity contribution in [2.24, 2.45) is 10.9 Å². The summed E-state index contributed by atoms with van der Waals surface area (Å²) in [6.45, 7) is 0. The van der Waals surface area contributed by atoms with Crippen LogP contribution in [0.1, 0.15) is 36.4 Å². The topological polar surface area (TPSA) is 86.2 Å². The molecule has 0 aromatic heterocycles. The van der Waals surface area contributed by atoms with Crippen molar-refractivity contribution in [1.82, 2.24) is 0 Å². The molecule has 0 saturated heterocycles. The lowest BCUT2D eigenvalue weighted by atomic mass is 9.95. The van der Waals surface area contributed by atoms with Gasteiger partial charge in [0, 0.05) is 6.04 Å². The predicted octanol–water partition coefficient (Wildman–Crippen LogP) is 3.38. The molecule has 23 heavy (non-hydrogen) atoms. The minimum Gasteiger partial charge on any atom is -0.324 e. The molecule has 122 valence electrons. The quantitative estimate of drug-likeness (QED) is 0.814. The van der Waals surface area contributed by atoms with E-state index in [0.717, 1.165) is 36.8 Å². The molecule has 4 N–H and O–H groups in total. The van der Waals surface area contributed by atoms with Crippen molar-refractivity contribution in [3.05, 3.63) is 52.5 Å². The van der Waals surface area contributed by atoms with Crippen LogP contribution >= 0.6 is 11.6 Å². The molecule has 1 aliphatic rings. The van der Waals surface area contributed by atoms with Gasteiger partial charge in [-0.2, -0.15) is 0 Å². The van der Waals surface area contributed by atoms with Gasteiger partial charge in [0.05, 0.1) is 5.02 Å². The molecule has 3 rings (SSSR count). The van der Waals surface area contributed by atoms with Crippen LogP contribution in [0.2, 0.25) is 5.02 Å². The molecule has 0 saturated carbocycles. The van der Waals surface area contributed by atoms with Gasteiger partial charge in [0.2, 0.25) is 10.0 Å². The van der Waals surface area contributed by atoms with Crippen LogP contribution < -0.4 is 10.9 Å². The van der Waals surface area contributed by atoms with Crippen LogP contribution in [-0.2, 0) is 16.4 Å². The van der Waals surface area contributed by atoms with E-state index in [-0.39, 0.29) is 16.0 Å². The first-order valence-electron chi connectivity index (χ1n) is 7.57. The molecule has 1 atom stereocenters. The first kappa shape index (κ1) is 16.5. The van der Waals surface area contributed by atoms with Gasteiger partial charge in [0.25, 0.3) is 0 Å². The zero-order chi connectivity index (χ0) is 16.6. The van der Waals surface area contributed by atoms with Crippen molar-refractivity contribution in [3.8, 4) is 11.1 Å². The van der Waals surface area contributed by atoms with Crippen LogP contribution in [0.3, 0.4) is 0 Å². The Balaban J connectivity index is 2.03. The number of aryl methyl sites for hydroxylation is 1. The Morgan fingerprint density at radius 1 is 1.04 bits per heavy atom. The Kier molecular flexibility index (Phi) is 4.47. The maximum absolute atomic E-state index is 11.4. The SMILES string of the molecule is NC1CCCCc2cc(-c3ccc(S(N)(=O)=O)c(Cl)c3)ccc21. The molecular formula is C17H19ClN2O2S. The normalized spacial score (nSPS) is 18.3. The van der Waals surface area contributed by atoms with Gasteiger partial charge in [-0.25, -0.2) is 13.6 Å². The molecule has 0 radical (unpaired) electrons. The summed E-state index contributed by atoms with van der Waals surface area (Å²) in [5.74, 6) is 0. The molecule has 2 aromatic carbocycles. The van der Waals surface area contributed by atoms with Crippen molar-refractivity contribution < 1.29 is 8.42 Å². The third-order valence-electron chi connectivity index (χ3n) is 4.33. The van der Waals surface area contributed by atoms with E-state index in [2.05, 4.69) is 12.1 Å². The molecule has 0 fully saturated rings. The highest BCUT2D eigenvalue weighted by Crippen LogP contribution is 2.32. The fourth-order valence-electron chi connectivity index (χ4n) is 3.11. The summed E-state index contributed by atoms with van der Waals surface area (Å²) in [7, 11) is -3.81. The summed E-state index contributed by atoms with van der Waals surface area (Å²) in [4.78, 5) is -0.0558. The van der Waals surface area contributed by atoms with E-state index in [9.17, 15) is 8.42 Å². The Morgan fingerprint density at radius 3 is 2.43 bits per heavy atom. The van der Waals surface area contributed by atoms with E-state index in [1.165, 1.54) is 17.2 Å². The molecule has 1 aliphatic carbocycles. The number of primary sulfonamides is 1. The van der Waals surface area contributed by atoms with Crippen molar-refractivity contribution in [2.75, 3.05) is 0 Å². The maximum atomic E-state index is 11.4. The third kappa shape index (κ3) is 3.43. The second kappa shape index (κ2) is 6.24. The number of rotatable bonds is 2. The molecule has 0 spiro atoms. The zero-order valence-corrected chi connectivity index (χ0v) is 14.2. The lowest BCUT2D eigenvalue weighted by Crippen LogP contribution is -2.12. The van der Waals surface area contributed by atoms with E-state index in [4.69, 9.17) is 22.5 Å². The van der Waals surface area contributed by atoms with Crippen LogP contribution in [0.25, 0.3) is 11.1 Å². The van der Waals surface area contributed by atoms with Crippen molar-refractivity contribution in [2.45, 2.75) is 36.6 Å². The van der Waals surface area contributed by atoms with Gasteiger partial charge >= 0.3 is 0 Å². The third-order valence-corrected chi connectivity index (χ3v) is 5.72. The number of sulfonamides is 1. The van der Waals surface area contributed by atoms with Gasteiger partial charge in [-0.3, -0.25) is 0 Å². The molecule has 0 aliphatic heterocycles. The second-order valence-electron chi connectivity index (χ2n) is 5.96. The summed E-state index contributed by atoms with van der Waals surface area (Å²) < 4.78 is 22.9. The van der Waals surface area contributed by atoms with Gasteiger partial charge in [-0.1, -0.05) is 42.3 Å². The van der Waals surface area contributed by atoms with Crippen molar-refractivity contribution in [3.63, 3.8) is 0 Å². The van der Waals surface area contributed by atoms with E-state index in [0.29, 0.717) is 0 Å². The molecule has 6 heteroatoms. The van der Waals surface area contributed by atoms with Crippen molar-refractivity contribution >= 4 is 21.6 Å². The van der Waals surface area contributed by atoms with E-state index in [1.807, 2.05) is 6.07 Å². The van der Waals surface area contributed by atoms with E-state index >= 15 is 0 Å². The van der Waals surface area contributed by atoms with Crippen molar-refractivity contribution in [1.29, 1.82) is 0 Å². The van der Waals surface area contributed by atoms with Crippen LogP contribution in [-0.4, -0.2) is 8.42 Å². The number of benzene rings is 2. The fraction of sp³-hybridized carbons (Fsp3) is 0.294. The highest BCUT2D eigenvalue weighted by atomic mass is 35.5. The first-order valence-corrected chi connectivity index (χ1v) is 9.50. The average Bonchev–Trinajstić information content (AvgIpc) is 2.67. The van der Waals surface area contributed by atoms with E-state index in [1.54, 1.807) is 12.1 Å². The second-order valence-corrected chi connectivity index (χ2v) is 7.89. The maximum Gasteiger partial charge on any atom is 0.239 e. The lowest BCUT2D eigenvalue weighted by Gasteiger charge is -2.14. The molecular weight excluding hydrogens is 332 g/mol. The van der Waals surface area contributed by atoms with Crippen LogP contribution in [0.4, 0.5) is 0 Å². The molecule has 0 bridgehead atoms. The minimum atomic E-state index is -3.81. The first-order chi connectivity index (χ1) is 10.9. The molecule has 1 unspecified atom stereocenters. The highest BCUT2D eigenvalue weighted by molar-refractivity contribution is 7.89. The van der Waals surface area contributed by atoms with Crippen LogP contribution in [0.5, 0.6) is 0 Å². The molecule has 2 aromatic rings. The number of fused-ring (bicyclic) bond motifs is 1. The predicted molar refractivity (Wildman–Crippen MR) is 92.7 cm³/mol. The van der Waals surface area contributed by atoms with E-state index < -0.39 is 10.0 Å². The number of hydrogen-bond donors (Lipinski definition) is 2. The highest BCUT2D eigenvalue weighted by Gasteiger charge is 2.17. The number of nitrogens with two attached hydrogens (primary N) is 2. The molecule has 4 nitrogen and oxygen atoms in total. The minimum absolute atomic E-state index is 0.0558. The average molecular weight is 351 g/mol. The Hall–Kier alpha value is -1.40. The van der Waals surface area contributed by atoms with Gasteiger partial charge in [-0.15, -0.1) is 0 Å². The van der Waals surface area contributed by atoms with Gasteiger partial charge in [-0.05, 0) is 53.6 Å². The lowest BCUT2D eigenvalue weighted by molar-refractivity contribution is 0.598. The van der Waals surface area contributed by atoms with Gasteiger partial charge in [0.1, 0.15) is 4.90 Å². The Bertz CT molecular complexity index is 850.